The Balaban J connectivity index is 1.69. The van der Waals surface area contributed by atoms with Gasteiger partial charge in [-0.05, 0) is 42.7 Å². The minimum Gasteiger partial charge on any atom is -0.493 e. The van der Waals surface area contributed by atoms with E-state index in [9.17, 15) is 9.90 Å². The maximum atomic E-state index is 12.6. The Labute approximate surface area is 165 Å². The maximum absolute atomic E-state index is 12.6. The summed E-state index contributed by atoms with van der Waals surface area (Å²) in [5.74, 6) is 0.264. The number of amides is 1. The standard InChI is InChI=1S/C24H25NO3/c1-3-28-22-12-8-7-11-21(22)23(26)25-17-24(2,27)20-15-13-19(14-16-20)18-9-5-4-6-10-18/h4-16,27H,3,17H2,1-2H3,(H,25,26). The Hall–Kier alpha value is -3.11. The summed E-state index contributed by atoms with van der Waals surface area (Å²) in [6, 6.07) is 24.9. The first-order valence-corrected chi connectivity index (χ1v) is 9.39. The van der Waals surface area contributed by atoms with Crippen molar-refractivity contribution in [3.63, 3.8) is 0 Å². The maximum Gasteiger partial charge on any atom is 0.255 e. The number of rotatable bonds is 7. The number of carbonyl (C=O) groups excluding carboxylic acids is 1. The molecule has 1 atom stereocenters. The second-order valence-electron chi connectivity index (χ2n) is 6.83. The van der Waals surface area contributed by atoms with Crippen LogP contribution in [0.15, 0.2) is 78.9 Å². The quantitative estimate of drug-likeness (QED) is 0.644. The van der Waals surface area contributed by atoms with Crippen molar-refractivity contribution in [1.29, 1.82) is 0 Å². The van der Waals surface area contributed by atoms with Crippen LogP contribution in [-0.2, 0) is 5.60 Å². The molecule has 0 radical (unpaired) electrons. The van der Waals surface area contributed by atoms with E-state index in [1.54, 1.807) is 25.1 Å². The molecule has 3 rings (SSSR count). The van der Waals surface area contributed by atoms with Gasteiger partial charge in [-0.2, -0.15) is 0 Å². The van der Waals surface area contributed by atoms with E-state index in [0.717, 1.165) is 16.7 Å². The molecule has 144 valence electrons. The Morgan fingerprint density at radius 3 is 2.21 bits per heavy atom. The molecule has 0 aliphatic carbocycles. The second-order valence-corrected chi connectivity index (χ2v) is 6.83. The van der Waals surface area contributed by atoms with E-state index in [4.69, 9.17) is 4.74 Å². The Bertz CT molecular complexity index is 918. The van der Waals surface area contributed by atoms with Crippen LogP contribution in [0.3, 0.4) is 0 Å². The summed E-state index contributed by atoms with van der Waals surface area (Å²) < 4.78 is 5.51. The smallest absolute Gasteiger partial charge is 0.255 e. The molecule has 2 N–H and O–H groups in total. The molecule has 1 unspecified atom stereocenters. The summed E-state index contributed by atoms with van der Waals surface area (Å²) in [5.41, 5.74) is 2.21. The lowest BCUT2D eigenvalue weighted by Crippen LogP contribution is -2.38. The van der Waals surface area contributed by atoms with Gasteiger partial charge in [0.25, 0.3) is 5.91 Å². The van der Waals surface area contributed by atoms with E-state index in [-0.39, 0.29) is 12.5 Å². The van der Waals surface area contributed by atoms with Crippen LogP contribution in [0, 0.1) is 0 Å². The number of benzene rings is 3. The van der Waals surface area contributed by atoms with Crippen molar-refractivity contribution in [3.05, 3.63) is 90.0 Å². The molecule has 3 aromatic rings. The van der Waals surface area contributed by atoms with Crippen LogP contribution < -0.4 is 10.1 Å². The third-order valence-electron chi connectivity index (χ3n) is 4.64. The van der Waals surface area contributed by atoms with E-state index in [2.05, 4.69) is 5.32 Å². The average Bonchev–Trinajstić information content (AvgIpc) is 2.73. The van der Waals surface area contributed by atoms with Crippen LogP contribution >= 0.6 is 0 Å². The van der Waals surface area contributed by atoms with Crippen molar-refractivity contribution in [3.8, 4) is 16.9 Å². The van der Waals surface area contributed by atoms with Crippen molar-refractivity contribution in [2.75, 3.05) is 13.2 Å². The lowest BCUT2D eigenvalue weighted by atomic mass is 9.93. The van der Waals surface area contributed by atoms with Crippen LogP contribution in [0.1, 0.15) is 29.8 Å². The fraction of sp³-hybridized carbons (Fsp3) is 0.208. The molecular weight excluding hydrogens is 350 g/mol. The first-order chi connectivity index (χ1) is 13.5. The van der Waals surface area contributed by atoms with Gasteiger partial charge in [0.1, 0.15) is 11.4 Å². The zero-order valence-electron chi connectivity index (χ0n) is 16.2. The van der Waals surface area contributed by atoms with E-state index >= 15 is 0 Å². The lowest BCUT2D eigenvalue weighted by Gasteiger charge is -2.25. The summed E-state index contributed by atoms with van der Waals surface area (Å²) in [5, 5.41) is 13.7. The van der Waals surface area contributed by atoms with Crippen LogP contribution in [0.2, 0.25) is 0 Å². The minimum atomic E-state index is -1.19. The monoisotopic (exact) mass is 375 g/mol. The summed E-state index contributed by atoms with van der Waals surface area (Å²) in [6.45, 7) is 4.14. The molecule has 28 heavy (non-hydrogen) atoms. The van der Waals surface area contributed by atoms with Crippen molar-refractivity contribution in [2.45, 2.75) is 19.4 Å². The predicted molar refractivity (Wildman–Crippen MR) is 111 cm³/mol. The molecule has 4 nitrogen and oxygen atoms in total. The molecule has 0 heterocycles. The summed E-state index contributed by atoms with van der Waals surface area (Å²) >= 11 is 0. The van der Waals surface area contributed by atoms with E-state index in [1.165, 1.54) is 0 Å². The first kappa shape index (κ1) is 19.6. The SMILES string of the molecule is CCOc1ccccc1C(=O)NCC(C)(O)c1ccc(-c2ccccc2)cc1. The third-order valence-corrected chi connectivity index (χ3v) is 4.64. The molecule has 0 saturated carbocycles. The highest BCUT2D eigenvalue weighted by atomic mass is 16.5. The molecule has 0 aromatic heterocycles. The Kier molecular flexibility index (Phi) is 6.12. The van der Waals surface area contributed by atoms with E-state index in [0.29, 0.717) is 17.9 Å². The molecule has 0 saturated heterocycles. The molecule has 0 bridgehead atoms. The normalized spacial score (nSPS) is 12.8. The zero-order valence-corrected chi connectivity index (χ0v) is 16.2. The van der Waals surface area contributed by atoms with Gasteiger partial charge in [-0.1, -0.05) is 66.7 Å². The van der Waals surface area contributed by atoms with Crippen molar-refractivity contribution >= 4 is 5.91 Å². The van der Waals surface area contributed by atoms with Gasteiger partial charge in [0.05, 0.1) is 18.7 Å². The number of aliphatic hydroxyl groups is 1. The second kappa shape index (κ2) is 8.72. The zero-order chi connectivity index (χ0) is 20.0. The number of hydrogen-bond acceptors (Lipinski definition) is 3. The first-order valence-electron chi connectivity index (χ1n) is 9.39. The molecule has 0 aliphatic heterocycles. The van der Waals surface area contributed by atoms with Crippen LogP contribution in [-0.4, -0.2) is 24.2 Å². The largest absolute Gasteiger partial charge is 0.493 e. The summed E-state index contributed by atoms with van der Waals surface area (Å²) in [4.78, 5) is 12.6. The number of para-hydroxylation sites is 1. The van der Waals surface area contributed by atoms with E-state index in [1.807, 2.05) is 67.6 Å². The number of carbonyl (C=O) groups is 1. The summed E-state index contributed by atoms with van der Waals surface area (Å²) in [7, 11) is 0. The van der Waals surface area contributed by atoms with Gasteiger partial charge in [-0.3, -0.25) is 4.79 Å². The fourth-order valence-electron chi connectivity index (χ4n) is 3.04. The van der Waals surface area contributed by atoms with E-state index < -0.39 is 5.60 Å². The van der Waals surface area contributed by atoms with Crippen molar-refractivity contribution in [2.24, 2.45) is 0 Å². The molecule has 3 aromatic carbocycles. The average molecular weight is 375 g/mol. The van der Waals surface area contributed by atoms with Crippen LogP contribution in [0.25, 0.3) is 11.1 Å². The molecule has 0 spiro atoms. The van der Waals surface area contributed by atoms with Gasteiger partial charge in [-0.25, -0.2) is 0 Å². The predicted octanol–water partition coefficient (Wildman–Crippen LogP) is 4.39. The lowest BCUT2D eigenvalue weighted by molar-refractivity contribution is 0.0525. The minimum absolute atomic E-state index is 0.0942. The highest BCUT2D eigenvalue weighted by molar-refractivity contribution is 5.96. The molecule has 0 fully saturated rings. The molecule has 1 amide bonds. The van der Waals surface area contributed by atoms with Gasteiger partial charge >= 0.3 is 0 Å². The highest BCUT2D eigenvalue weighted by Gasteiger charge is 2.24. The number of ether oxygens (including phenoxy) is 1. The van der Waals surface area contributed by atoms with Crippen LogP contribution in [0.4, 0.5) is 0 Å². The van der Waals surface area contributed by atoms with Crippen LogP contribution in [0.5, 0.6) is 5.75 Å². The Morgan fingerprint density at radius 2 is 1.54 bits per heavy atom. The highest BCUT2D eigenvalue weighted by Crippen LogP contribution is 2.25. The van der Waals surface area contributed by atoms with Gasteiger partial charge in [0, 0.05) is 0 Å². The fourth-order valence-corrected chi connectivity index (χ4v) is 3.04. The molecule has 0 aliphatic rings. The topological polar surface area (TPSA) is 58.6 Å². The van der Waals surface area contributed by atoms with Gasteiger partial charge in [0.2, 0.25) is 0 Å². The van der Waals surface area contributed by atoms with Crippen molar-refractivity contribution in [1.82, 2.24) is 5.32 Å². The molecule has 4 heteroatoms. The van der Waals surface area contributed by atoms with Crippen molar-refractivity contribution < 1.29 is 14.6 Å². The number of hydrogen-bond donors (Lipinski definition) is 2. The summed E-state index contributed by atoms with van der Waals surface area (Å²) in [6.07, 6.45) is 0. The van der Waals surface area contributed by atoms with Gasteiger partial charge in [0.15, 0.2) is 0 Å². The number of nitrogens with one attached hydrogen (secondary N) is 1. The molecular formula is C24H25NO3. The van der Waals surface area contributed by atoms with Gasteiger partial charge < -0.3 is 15.2 Å². The third kappa shape index (κ3) is 4.59. The Morgan fingerprint density at radius 1 is 0.929 bits per heavy atom. The van der Waals surface area contributed by atoms with Gasteiger partial charge in [-0.15, -0.1) is 0 Å².